The van der Waals surface area contributed by atoms with Gasteiger partial charge in [-0.3, -0.25) is 4.68 Å². The number of hydrogen-bond donors (Lipinski definition) is 0. The minimum atomic E-state index is 0.439. The van der Waals surface area contributed by atoms with Gasteiger partial charge in [-0.25, -0.2) is 0 Å². The summed E-state index contributed by atoms with van der Waals surface area (Å²) >= 11 is 0. The molecule has 0 fully saturated rings. The third-order valence-corrected chi connectivity index (χ3v) is 4.35. The molecule has 0 saturated heterocycles. The van der Waals surface area contributed by atoms with Gasteiger partial charge in [-0.15, -0.1) is 0 Å². The summed E-state index contributed by atoms with van der Waals surface area (Å²) in [5.74, 6) is 3.04. The molecule has 3 heteroatoms. The maximum absolute atomic E-state index is 5.87. The molecule has 22 heavy (non-hydrogen) atoms. The molecular weight excluding hydrogens is 272 g/mol. The topological polar surface area (TPSA) is 31.0 Å². The van der Waals surface area contributed by atoms with Gasteiger partial charge in [0.2, 0.25) is 0 Å². The highest BCUT2D eigenvalue weighted by molar-refractivity contribution is 5.78. The Morgan fingerprint density at radius 2 is 1.95 bits per heavy atom. The highest BCUT2D eigenvalue weighted by atomic mass is 16.3. The van der Waals surface area contributed by atoms with Gasteiger partial charge in [0.15, 0.2) is 0 Å². The van der Waals surface area contributed by atoms with Crippen LogP contribution in [-0.2, 0) is 13.5 Å². The summed E-state index contributed by atoms with van der Waals surface area (Å²) in [5, 5.41) is 5.64. The van der Waals surface area contributed by atoms with E-state index in [0.717, 1.165) is 23.5 Å². The molecule has 0 bridgehead atoms. The van der Waals surface area contributed by atoms with Crippen LogP contribution in [0.5, 0.6) is 0 Å². The van der Waals surface area contributed by atoms with Crippen molar-refractivity contribution in [1.82, 2.24) is 9.78 Å². The van der Waals surface area contributed by atoms with Gasteiger partial charge in [-0.05, 0) is 48.6 Å². The Morgan fingerprint density at radius 3 is 2.64 bits per heavy atom. The van der Waals surface area contributed by atoms with Crippen LogP contribution in [0, 0.1) is 6.92 Å². The van der Waals surface area contributed by atoms with Gasteiger partial charge in [-0.1, -0.05) is 26.8 Å². The van der Waals surface area contributed by atoms with Crippen molar-refractivity contribution in [1.29, 1.82) is 0 Å². The average Bonchev–Trinajstić information content (AvgIpc) is 3.00. The van der Waals surface area contributed by atoms with Crippen molar-refractivity contribution in [2.75, 3.05) is 0 Å². The second kappa shape index (κ2) is 5.64. The zero-order valence-corrected chi connectivity index (χ0v) is 14.1. The Balaban J connectivity index is 1.84. The third-order valence-electron chi connectivity index (χ3n) is 4.35. The largest absolute Gasteiger partial charge is 0.466 e. The summed E-state index contributed by atoms with van der Waals surface area (Å²) in [7, 11) is 1.96. The summed E-state index contributed by atoms with van der Waals surface area (Å²) in [6.07, 6.45) is 3.08. The summed E-state index contributed by atoms with van der Waals surface area (Å²) in [5.41, 5.74) is 3.73. The number of hydrogen-bond acceptors (Lipinski definition) is 2. The van der Waals surface area contributed by atoms with Gasteiger partial charge in [0.25, 0.3) is 0 Å². The molecule has 3 nitrogen and oxygen atoms in total. The monoisotopic (exact) mass is 296 g/mol. The lowest BCUT2D eigenvalue weighted by Gasteiger charge is -2.11. The van der Waals surface area contributed by atoms with Crippen LogP contribution in [0.25, 0.3) is 10.9 Å². The first-order valence-electron chi connectivity index (χ1n) is 7.96. The summed E-state index contributed by atoms with van der Waals surface area (Å²) in [6.45, 7) is 8.68. The van der Waals surface area contributed by atoms with Gasteiger partial charge >= 0.3 is 0 Å². The number of nitrogens with zero attached hydrogens (tertiary/aromatic N) is 2. The fraction of sp³-hybridized carbons (Fsp3) is 0.421. The second-order valence-corrected chi connectivity index (χ2v) is 6.61. The van der Waals surface area contributed by atoms with Crippen LogP contribution in [0.2, 0.25) is 0 Å². The lowest BCUT2D eigenvalue weighted by atomic mass is 9.93. The van der Waals surface area contributed by atoms with E-state index in [4.69, 9.17) is 4.42 Å². The molecule has 0 saturated carbocycles. The van der Waals surface area contributed by atoms with Gasteiger partial charge in [0, 0.05) is 24.5 Å². The van der Waals surface area contributed by atoms with E-state index in [-0.39, 0.29) is 0 Å². The summed E-state index contributed by atoms with van der Waals surface area (Å²) in [4.78, 5) is 0. The van der Waals surface area contributed by atoms with Crippen LogP contribution in [-0.4, -0.2) is 9.78 Å². The third kappa shape index (κ3) is 2.80. The van der Waals surface area contributed by atoms with E-state index in [1.54, 1.807) is 0 Å². The van der Waals surface area contributed by atoms with Crippen molar-refractivity contribution in [2.45, 2.75) is 46.0 Å². The smallest absolute Gasteiger partial charge is 0.106 e. The Morgan fingerprint density at radius 1 is 1.18 bits per heavy atom. The standard InChI is InChI=1S/C19H24N2O/c1-12(2)19-10-16(14(4)22-19)8-13(3)15-6-7-18-17(9-15)11-21(5)20-18/h6-7,9-13H,8H2,1-5H3. The first-order valence-corrected chi connectivity index (χ1v) is 7.96. The molecule has 2 heterocycles. The van der Waals surface area contributed by atoms with Crippen molar-refractivity contribution in [2.24, 2.45) is 7.05 Å². The number of aryl methyl sites for hydroxylation is 2. The van der Waals surface area contributed by atoms with E-state index in [9.17, 15) is 0 Å². The molecule has 1 unspecified atom stereocenters. The first kappa shape index (κ1) is 14.9. The molecule has 1 atom stereocenters. The van der Waals surface area contributed by atoms with Crippen molar-refractivity contribution in [3.63, 3.8) is 0 Å². The Bertz CT molecular complexity index is 795. The van der Waals surface area contributed by atoms with Crippen LogP contribution in [0.3, 0.4) is 0 Å². The second-order valence-electron chi connectivity index (χ2n) is 6.61. The molecule has 0 radical (unpaired) electrons. The highest BCUT2D eigenvalue weighted by Gasteiger charge is 2.15. The molecule has 3 aromatic rings. The van der Waals surface area contributed by atoms with Crippen molar-refractivity contribution >= 4 is 10.9 Å². The number of furan rings is 1. The van der Waals surface area contributed by atoms with E-state index >= 15 is 0 Å². The minimum absolute atomic E-state index is 0.439. The molecule has 3 rings (SSSR count). The molecule has 1 aromatic carbocycles. The van der Waals surface area contributed by atoms with Crippen molar-refractivity contribution in [3.05, 3.63) is 53.1 Å². The molecule has 0 spiro atoms. The zero-order chi connectivity index (χ0) is 15.9. The molecule has 0 aliphatic carbocycles. The molecule has 0 aliphatic rings. The maximum atomic E-state index is 5.87. The predicted octanol–water partition coefficient (Wildman–Crippen LogP) is 4.94. The number of aromatic nitrogens is 2. The molecular formula is C19H24N2O. The fourth-order valence-corrected chi connectivity index (χ4v) is 2.95. The van der Waals surface area contributed by atoms with Gasteiger partial charge in [0.05, 0.1) is 5.52 Å². The van der Waals surface area contributed by atoms with Crippen LogP contribution < -0.4 is 0 Å². The van der Waals surface area contributed by atoms with Crippen LogP contribution in [0.1, 0.15) is 55.3 Å². The SMILES string of the molecule is Cc1oc(C(C)C)cc1CC(C)c1ccc2nn(C)cc2c1. The average molecular weight is 296 g/mol. The van der Waals surface area contributed by atoms with E-state index in [0.29, 0.717) is 11.8 Å². The van der Waals surface area contributed by atoms with Crippen LogP contribution in [0.15, 0.2) is 34.9 Å². The molecule has 0 amide bonds. The van der Waals surface area contributed by atoms with Crippen LogP contribution >= 0.6 is 0 Å². The Labute approximate surface area is 131 Å². The van der Waals surface area contributed by atoms with E-state index < -0.39 is 0 Å². The van der Waals surface area contributed by atoms with Gasteiger partial charge in [0.1, 0.15) is 11.5 Å². The minimum Gasteiger partial charge on any atom is -0.466 e. The maximum Gasteiger partial charge on any atom is 0.106 e. The van der Waals surface area contributed by atoms with E-state index in [1.165, 1.54) is 16.5 Å². The lowest BCUT2D eigenvalue weighted by Crippen LogP contribution is -1.98. The Kier molecular flexibility index (Phi) is 3.81. The lowest BCUT2D eigenvalue weighted by molar-refractivity contribution is 0.461. The van der Waals surface area contributed by atoms with E-state index in [2.05, 4.69) is 63.3 Å². The zero-order valence-electron chi connectivity index (χ0n) is 14.1. The molecule has 0 N–H and O–H groups in total. The summed E-state index contributed by atoms with van der Waals surface area (Å²) < 4.78 is 7.74. The van der Waals surface area contributed by atoms with E-state index in [1.807, 2.05) is 11.7 Å². The fourth-order valence-electron chi connectivity index (χ4n) is 2.95. The quantitative estimate of drug-likeness (QED) is 0.682. The van der Waals surface area contributed by atoms with Crippen molar-refractivity contribution in [3.8, 4) is 0 Å². The molecule has 0 aliphatic heterocycles. The molecule has 2 aromatic heterocycles. The highest BCUT2D eigenvalue weighted by Crippen LogP contribution is 2.28. The van der Waals surface area contributed by atoms with Crippen molar-refractivity contribution < 1.29 is 4.42 Å². The normalized spacial score (nSPS) is 13.2. The molecule has 116 valence electrons. The predicted molar refractivity (Wildman–Crippen MR) is 90.4 cm³/mol. The number of fused-ring (bicyclic) bond motifs is 1. The number of benzene rings is 1. The summed E-state index contributed by atoms with van der Waals surface area (Å²) in [6, 6.07) is 8.78. The first-order chi connectivity index (χ1) is 10.4. The van der Waals surface area contributed by atoms with Crippen LogP contribution in [0.4, 0.5) is 0 Å². The number of rotatable bonds is 4. The van der Waals surface area contributed by atoms with Gasteiger partial charge < -0.3 is 4.42 Å². The van der Waals surface area contributed by atoms with Gasteiger partial charge in [-0.2, -0.15) is 5.10 Å². The Hall–Kier alpha value is -2.03.